The summed E-state index contributed by atoms with van der Waals surface area (Å²) in [5.74, 6) is 0.328. The molecular weight excluding hydrogens is 470 g/mol. The van der Waals surface area contributed by atoms with Gasteiger partial charge in [-0.25, -0.2) is 9.79 Å². The molecule has 0 fully saturated rings. The Morgan fingerprint density at radius 1 is 1.19 bits per heavy atom. The molecule has 0 aliphatic carbocycles. The molecule has 2 unspecified atom stereocenters. The molecule has 10 heteroatoms. The first-order valence-corrected chi connectivity index (χ1v) is 11.5. The summed E-state index contributed by atoms with van der Waals surface area (Å²) in [6.07, 6.45) is -0.508. The predicted molar refractivity (Wildman–Crippen MR) is 134 cm³/mol. The van der Waals surface area contributed by atoms with Crippen LogP contribution < -0.4 is 20.7 Å². The zero-order chi connectivity index (χ0) is 26.0. The standard InChI is InChI=1S/C26H30F2N4O4/c1-2-26(27,28)36-21-11-9-20(10-12-21)30-25(35)32-23-13-8-19(16-18-6-4-3-5-7-18)17-22(31-23)24(34)29-14-15-33/h2-7,9-13,19,24,29,33-34H,1,8,14-17H2,(H2,30,32,35). The number of aliphatic imine (C=N–C) groups is 1. The first-order valence-electron chi connectivity index (χ1n) is 11.5. The van der Waals surface area contributed by atoms with Crippen LogP contribution in [0.4, 0.5) is 19.3 Å². The van der Waals surface area contributed by atoms with Crippen LogP contribution in [0.1, 0.15) is 18.4 Å². The summed E-state index contributed by atoms with van der Waals surface area (Å²) >= 11 is 0. The Balaban J connectivity index is 1.67. The van der Waals surface area contributed by atoms with Crippen LogP contribution in [0.3, 0.4) is 0 Å². The van der Waals surface area contributed by atoms with Gasteiger partial charge in [-0.3, -0.25) is 10.6 Å². The van der Waals surface area contributed by atoms with Crippen molar-refractivity contribution >= 4 is 17.4 Å². The predicted octanol–water partition coefficient (Wildman–Crippen LogP) is 3.80. The van der Waals surface area contributed by atoms with Gasteiger partial charge in [0.1, 0.15) is 17.8 Å². The highest BCUT2D eigenvalue weighted by Crippen LogP contribution is 2.25. The number of carbonyl (C=O) groups excluding carboxylic acids is 1. The number of hydrogen-bond acceptors (Lipinski definition) is 6. The van der Waals surface area contributed by atoms with E-state index in [1.54, 1.807) is 6.08 Å². The zero-order valence-electron chi connectivity index (χ0n) is 19.7. The van der Waals surface area contributed by atoms with Gasteiger partial charge in [0, 0.05) is 18.3 Å². The number of nitrogens with one attached hydrogen (secondary N) is 3. The van der Waals surface area contributed by atoms with Crippen molar-refractivity contribution < 1.29 is 28.5 Å². The summed E-state index contributed by atoms with van der Waals surface area (Å²) in [5, 5.41) is 27.7. The summed E-state index contributed by atoms with van der Waals surface area (Å²) in [6, 6.07) is 14.8. The zero-order valence-corrected chi connectivity index (χ0v) is 19.7. The number of allylic oxidation sites excluding steroid dienone is 1. The van der Waals surface area contributed by atoms with Gasteiger partial charge in [0.05, 0.1) is 12.3 Å². The van der Waals surface area contributed by atoms with Crippen LogP contribution in [-0.2, 0) is 6.42 Å². The monoisotopic (exact) mass is 500 g/mol. The number of carbonyl (C=O) groups is 1. The van der Waals surface area contributed by atoms with Gasteiger partial charge in [-0.2, -0.15) is 8.78 Å². The Bertz CT molecular complexity index is 1080. The summed E-state index contributed by atoms with van der Waals surface area (Å²) in [4.78, 5) is 17.0. The van der Waals surface area contributed by atoms with Gasteiger partial charge in [0.25, 0.3) is 0 Å². The van der Waals surface area contributed by atoms with E-state index in [1.807, 2.05) is 30.3 Å². The second-order valence-corrected chi connectivity index (χ2v) is 8.24. The molecule has 0 saturated carbocycles. The minimum atomic E-state index is -3.50. The van der Waals surface area contributed by atoms with Crippen molar-refractivity contribution in [3.05, 3.63) is 84.7 Å². The third kappa shape index (κ3) is 8.56. The fraction of sp³-hybridized carbons (Fsp3) is 0.308. The smallest absolute Gasteiger partial charge is 0.419 e. The maximum Gasteiger partial charge on any atom is 0.419 e. The number of benzene rings is 2. The fourth-order valence-electron chi connectivity index (χ4n) is 3.66. The number of urea groups is 1. The lowest BCUT2D eigenvalue weighted by Gasteiger charge is -2.19. The maximum atomic E-state index is 13.3. The third-order valence-electron chi connectivity index (χ3n) is 5.38. The summed E-state index contributed by atoms with van der Waals surface area (Å²) in [6.45, 7) is 3.06. The minimum absolute atomic E-state index is 0.0830. The van der Waals surface area contributed by atoms with E-state index in [4.69, 9.17) is 5.11 Å². The Labute approximate surface area is 208 Å². The molecule has 2 atom stereocenters. The molecule has 1 aliphatic rings. The molecule has 3 rings (SSSR count). The lowest BCUT2D eigenvalue weighted by atomic mass is 9.91. The lowest BCUT2D eigenvalue weighted by molar-refractivity contribution is -0.131. The van der Waals surface area contributed by atoms with E-state index in [2.05, 4.69) is 32.3 Å². The number of amides is 2. The van der Waals surface area contributed by atoms with Gasteiger partial charge in [0.15, 0.2) is 0 Å². The van der Waals surface area contributed by atoms with Crippen molar-refractivity contribution in [2.24, 2.45) is 10.9 Å². The van der Waals surface area contributed by atoms with Gasteiger partial charge < -0.3 is 20.3 Å². The average molecular weight is 501 g/mol. The Morgan fingerprint density at radius 2 is 1.92 bits per heavy atom. The molecule has 2 aromatic carbocycles. The molecule has 1 heterocycles. The van der Waals surface area contributed by atoms with E-state index in [9.17, 15) is 18.7 Å². The second-order valence-electron chi connectivity index (χ2n) is 8.24. The topological polar surface area (TPSA) is 115 Å². The van der Waals surface area contributed by atoms with Crippen LogP contribution in [0.25, 0.3) is 0 Å². The Kier molecular flexibility index (Phi) is 9.69. The molecule has 0 aromatic heterocycles. The number of ether oxygens (including phenoxy) is 1. The number of aliphatic hydroxyl groups excluding tert-OH is 2. The van der Waals surface area contributed by atoms with E-state index in [-0.39, 0.29) is 30.6 Å². The second kappa shape index (κ2) is 12.9. The van der Waals surface area contributed by atoms with E-state index >= 15 is 0 Å². The lowest BCUT2D eigenvalue weighted by Crippen LogP contribution is -2.39. The number of anilines is 1. The molecule has 8 nitrogen and oxygen atoms in total. The molecule has 0 bridgehead atoms. The van der Waals surface area contributed by atoms with Gasteiger partial charge in [0.2, 0.25) is 0 Å². The maximum absolute atomic E-state index is 13.3. The van der Waals surface area contributed by atoms with Crippen molar-refractivity contribution in [1.29, 1.82) is 0 Å². The molecule has 0 saturated heterocycles. The number of halogens is 2. The molecule has 192 valence electrons. The summed E-state index contributed by atoms with van der Waals surface area (Å²) in [5.41, 5.74) is 1.95. The van der Waals surface area contributed by atoms with Gasteiger partial charge in [-0.05, 0) is 61.1 Å². The van der Waals surface area contributed by atoms with E-state index in [1.165, 1.54) is 24.3 Å². The van der Waals surface area contributed by atoms with Crippen LogP contribution >= 0.6 is 0 Å². The molecule has 36 heavy (non-hydrogen) atoms. The normalized spacial score (nSPS) is 16.7. The number of hydrogen-bond donors (Lipinski definition) is 5. The largest absolute Gasteiger partial charge is 0.429 e. The molecule has 0 radical (unpaired) electrons. The number of alkyl halides is 2. The molecule has 2 amide bonds. The van der Waals surface area contributed by atoms with Crippen LogP contribution in [-0.4, -0.2) is 47.4 Å². The Hall–Kier alpha value is -3.60. The van der Waals surface area contributed by atoms with Crippen LogP contribution in [0, 0.1) is 5.92 Å². The number of rotatable bonds is 11. The average Bonchev–Trinajstić information content (AvgIpc) is 3.06. The molecule has 1 aliphatic heterocycles. The minimum Gasteiger partial charge on any atom is -0.429 e. The van der Waals surface area contributed by atoms with E-state index < -0.39 is 18.4 Å². The van der Waals surface area contributed by atoms with Crippen molar-refractivity contribution in [2.45, 2.75) is 31.6 Å². The molecule has 0 spiro atoms. The number of nitrogens with zero attached hydrogens (tertiary/aromatic N) is 1. The van der Waals surface area contributed by atoms with Gasteiger partial charge >= 0.3 is 12.1 Å². The molecular formula is C26H30F2N4O4. The quantitative estimate of drug-likeness (QED) is 0.238. The first-order chi connectivity index (χ1) is 17.3. The van der Waals surface area contributed by atoms with Crippen molar-refractivity contribution in [1.82, 2.24) is 10.6 Å². The van der Waals surface area contributed by atoms with Crippen molar-refractivity contribution in [3.63, 3.8) is 0 Å². The van der Waals surface area contributed by atoms with Crippen LogP contribution in [0.15, 0.2) is 84.1 Å². The van der Waals surface area contributed by atoms with Crippen LogP contribution in [0.2, 0.25) is 0 Å². The molecule has 5 N–H and O–H groups in total. The highest BCUT2D eigenvalue weighted by molar-refractivity contribution is 5.92. The molecule has 2 aromatic rings. The summed E-state index contributed by atoms with van der Waals surface area (Å²) in [7, 11) is 0. The van der Waals surface area contributed by atoms with Crippen LogP contribution in [0.5, 0.6) is 5.75 Å². The first kappa shape index (κ1) is 27.0. The van der Waals surface area contributed by atoms with Gasteiger partial charge in [-0.15, -0.1) is 0 Å². The van der Waals surface area contributed by atoms with Gasteiger partial charge in [-0.1, -0.05) is 36.9 Å². The van der Waals surface area contributed by atoms with E-state index in [0.717, 1.165) is 12.0 Å². The van der Waals surface area contributed by atoms with Crippen molar-refractivity contribution in [2.75, 3.05) is 18.5 Å². The third-order valence-corrected chi connectivity index (χ3v) is 5.38. The van der Waals surface area contributed by atoms with E-state index in [0.29, 0.717) is 30.3 Å². The highest BCUT2D eigenvalue weighted by Gasteiger charge is 2.26. The SMILES string of the molecule is C=CC(F)(F)Oc1ccc(NC(=O)NC2=CCC(Cc3ccccc3)CC(C(O)NCCO)=N2)cc1. The number of aliphatic hydroxyl groups is 2. The fourth-order valence-corrected chi connectivity index (χ4v) is 3.66. The highest BCUT2D eigenvalue weighted by atomic mass is 19.3. The van der Waals surface area contributed by atoms with Crippen molar-refractivity contribution in [3.8, 4) is 5.75 Å². The summed E-state index contributed by atoms with van der Waals surface area (Å²) < 4.78 is 31.1. The Morgan fingerprint density at radius 3 is 2.58 bits per heavy atom.